The van der Waals surface area contributed by atoms with E-state index >= 15 is 4.39 Å². The molecule has 208 valence electrons. The zero-order chi connectivity index (χ0) is 28.4. The molecule has 2 heterocycles. The minimum Gasteiger partial charge on any atom is -0.492 e. The van der Waals surface area contributed by atoms with E-state index in [1.807, 2.05) is 59.8 Å². The van der Waals surface area contributed by atoms with Crippen LogP contribution in [0.15, 0.2) is 54.9 Å². The highest BCUT2D eigenvalue weighted by Gasteiger charge is 2.28. The Morgan fingerprint density at radius 3 is 2.58 bits per heavy atom. The maximum absolute atomic E-state index is 15.4. The third kappa shape index (κ3) is 6.41. The van der Waals surface area contributed by atoms with Gasteiger partial charge in [0, 0.05) is 55.3 Å². The second kappa shape index (κ2) is 11.9. The average Bonchev–Trinajstić information content (AvgIpc) is 3.73. The SMILES string of the molecule is CN(C)CCOc1ccc2c(Oc3c(F)cc(N(C)C(=O)c4cnc(F)cc4OC4CC4)cc3I)ccnc2c1. The predicted octanol–water partition coefficient (Wildman–Crippen LogP) is 6.06. The highest BCUT2D eigenvalue weighted by atomic mass is 127. The molecule has 0 atom stereocenters. The molecule has 0 radical (unpaired) electrons. The number of hydrogen-bond donors (Lipinski definition) is 0. The summed E-state index contributed by atoms with van der Waals surface area (Å²) in [6.07, 6.45) is 4.37. The number of likely N-dealkylation sites (N-methyl/N-ethyl adjacent to an activating group) is 1. The summed E-state index contributed by atoms with van der Waals surface area (Å²) >= 11 is 1.97. The molecule has 8 nitrogen and oxygen atoms in total. The van der Waals surface area contributed by atoms with Crippen LogP contribution in [0.25, 0.3) is 10.9 Å². The molecule has 4 aromatic rings. The molecule has 0 bridgehead atoms. The normalized spacial score (nSPS) is 13.0. The van der Waals surface area contributed by atoms with Crippen molar-refractivity contribution in [2.45, 2.75) is 18.9 Å². The summed E-state index contributed by atoms with van der Waals surface area (Å²) in [5.41, 5.74) is 1.04. The van der Waals surface area contributed by atoms with Gasteiger partial charge in [-0.1, -0.05) is 0 Å². The summed E-state index contributed by atoms with van der Waals surface area (Å²) in [6.45, 7) is 1.31. The minimum absolute atomic E-state index is 0.0187. The molecule has 5 rings (SSSR count). The van der Waals surface area contributed by atoms with Gasteiger partial charge in [-0.25, -0.2) is 9.37 Å². The van der Waals surface area contributed by atoms with E-state index < -0.39 is 17.7 Å². The van der Waals surface area contributed by atoms with E-state index in [2.05, 4.69) is 9.97 Å². The summed E-state index contributed by atoms with van der Waals surface area (Å²) in [4.78, 5) is 24.6. The van der Waals surface area contributed by atoms with Crippen molar-refractivity contribution in [3.05, 3.63) is 75.8 Å². The molecule has 40 heavy (non-hydrogen) atoms. The Kier molecular flexibility index (Phi) is 8.31. The molecular formula is C29H27F2IN4O4. The number of halogens is 3. The van der Waals surface area contributed by atoms with E-state index in [1.54, 1.807) is 18.3 Å². The minimum atomic E-state index is -0.742. The maximum Gasteiger partial charge on any atom is 0.263 e. The van der Waals surface area contributed by atoms with Gasteiger partial charge in [-0.15, -0.1) is 0 Å². The van der Waals surface area contributed by atoms with Crippen LogP contribution in [-0.2, 0) is 0 Å². The monoisotopic (exact) mass is 660 g/mol. The van der Waals surface area contributed by atoms with Gasteiger partial charge in [-0.05, 0) is 73.8 Å². The molecule has 1 aliphatic rings. The van der Waals surface area contributed by atoms with Crippen LogP contribution >= 0.6 is 22.6 Å². The number of aromatic nitrogens is 2. The number of hydrogen-bond acceptors (Lipinski definition) is 7. The van der Waals surface area contributed by atoms with Gasteiger partial charge >= 0.3 is 0 Å². The van der Waals surface area contributed by atoms with Gasteiger partial charge < -0.3 is 24.0 Å². The lowest BCUT2D eigenvalue weighted by Gasteiger charge is -2.21. The second-order valence-corrected chi connectivity index (χ2v) is 10.8. The van der Waals surface area contributed by atoms with E-state index in [9.17, 15) is 9.18 Å². The van der Waals surface area contributed by atoms with E-state index in [0.29, 0.717) is 38.3 Å². The van der Waals surface area contributed by atoms with Gasteiger partial charge in [0.2, 0.25) is 5.95 Å². The lowest BCUT2D eigenvalue weighted by molar-refractivity contribution is 0.0988. The Bertz CT molecular complexity index is 1540. The van der Waals surface area contributed by atoms with Gasteiger partial charge in [0.25, 0.3) is 5.91 Å². The topological polar surface area (TPSA) is 77.0 Å². The Labute approximate surface area is 244 Å². The molecule has 0 unspecified atom stereocenters. The molecule has 2 aromatic carbocycles. The van der Waals surface area contributed by atoms with Gasteiger partial charge in [0.15, 0.2) is 11.6 Å². The maximum atomic E-state index is 15.4. The predicted molar refractivity (Wildman–Crippen MR) is 156 cm³/mol. The molecule has 1 amide bonds. The van der Waals surface area contributed by atoms with Gasteiger partial charge in [0.05, 0.1) is 15.2 Å². The molecule has 11 heteroatoms. The van der Waals surface area contributed by atoms with Crippen LogP contribution in [0.3, 0.4) is 0 Å². The van der Waals surface area contributed by atoms with Crippen LogP contribution in [-0.4, -0.2) is 61.2 Å². The number of anilines is 1. The van der Waals surface area contributed by atoms with Crippen molar-refractivity contribution in [2.24, 2.45) is 0 Å². The van der Waals surface area contributed by atoms with Crippen LogP contribution < -0.4 is 19.1 Å². The van der Waals surface area contributed by atoms with Crippen LogP contribution in [0.1, 0.15) is 23.2 Å². The largest absolute Gasteiger partial charge is 0.492 e. The Morgan fingerprint density at radius 2 is 1.85 bits per heavy atom. The van der Waals surface area contributed by atoms with Gasteiger partial charge in [-0.3, -0.25) is 9.78 Å². The molecule has 1 fully saturated rings. The first kappa shape index (κ1) is 28.0. The third-order valence-corrected chi connectivity index (χ3v) is 7.05. The van der Waals surface area contributed by atoms with Crippen LogP contribution in [0, 0.1) is 15.3 Å². The fourth-order valence-electron chi connectivity index (χ4n) is 3.91. The third-order valence-electron chi connectivity index (χ3n) is 6.25. The first-order valence-electron chi connectivity index (χ1n) is 12.6. The number of fused-ring (bicyclic) bond motifs is 1. The van der Waals surface area contributed by atoms with Crippen molar-refractivity contribution in [3.63, 3.8) is 0 Å². The smallest absolute Gasteiger partial charge is 0.263 e. The molecule has 0 spiro atoms. The van der Waals surface area contributed by atoms with Crippen molar-refractivity contribution < 1.29 is 27.8 Å². The summed E-state index contributed by atoms with van der Waals surface area (Å²) in [7, 11) is 5.45. The average molecular weight is 660 g/mol. The van der Waals surface area contributed by atoms with E-state index in [0.717, 1.165) is 31.6 Å². The molecular weight excluding hydrogens is 633 g/mol. The summed E-state index contributed by atoms with van der Waals surface area (Å²) in [6, 6.07) is 11.1. The highest BCUT2D eigenvalue weighted by Crippen LogP contribution is 2.37. The van der Waals surface area contributed by atoms with Crippen molar-refractivity contribution in [1.82, 2.24) is 14.9 Å². The number of amides is 1. The van der Waals surface area contributed by atoms with Crippen molar-refractivity contribution in [2.75, 3.05) is 39.2 Å². The van der Waals surface area contributed by atoms with Crippen LogP contribution in [0.5, 0.6) is 23.0 Å². The number of carbonyl (C=O) groups is 1. The van der Waals surface area contributed by atoms with E-state index in [4.69, 9.17) is 14.2 Å². The first-order chi connectivity index (χ1) is 19.2. The summed E-state index contributed by atoms with van der Waals surface area (Å²) < 4.78 is 47.1. The second-order valence-electron chi connectivity index (χ2n) is 9.66. The van der Waals surface area contributed by atoms with Crippen molar-refractivity contribution in [3.8, 4) is 23.0 Å². The van der Waals surface area contributed by atoms with Crippen molar-refractivity contribution in [1.29, 1.82) is 0 Å². The zero-order valence-corrected chi connectivity index (χ0v) is 24.3. The zero-order valence-electron chi connectivity index (χ0n) is 22.2. The van der Waals surface area contributed by atoms with Gasteiger partial charge in [-0.2, -0.15) is 4.39 Å². The fraction of sp³-hybridized carbons (Fsp3) is 0.276. The molecule has 2 aromatic heterocycles. The molecule has 0 N–H and O–H groups in total. The summed E-state index contributed by atoms with van der Waals surface area (Å²) in [5, 5.41) is 0.695. The number of nitrogens with zero attached hydrogens (tertiary/aromatic N) is 4. The fourth-order valence-corrected chi connectivity index (χ4v) is 4.60. The number of pyridine rings is 2. The number of benzene rings is 2. The highest BCUT2D eigenvalue weighted by molar-refractivity contribution is 14.1. The summed E-state index contributed by atoms with van der Waals surface area (Å²) in [5.74, 6) is -0.647. The molecule has 1 saturated carbocycles. The van der Waals surface area contributed by atoms with E-state index in [1.165, 1.54) is 18.0 Å². The Balaban J connectivity index is 1.37. The Morgan fingerprint density at radius 1 is 1.05 bits per heavy atom. The van der Waals surface area contributed by atoms with Crippen LogP contribution in [0.4, 0.5) is 14.5 Å². The molecule has 0 aliphatic heterocycles. The quantitative estimate of drug-likeness (QED) is 0.151. The Hall–Kier alpha value is -3.58. The standard InChI is InChI=1S/C29H27F2IN4O4/c1-35(2)10-11-38-19-6-7-20-24(14-19)33-9-8-25(20)40-28-22(30)12-17(13-23(28)32)36(3)29(37)21-16-34-27(31)15-26(21)39-18-4-5-18/h6-9,12-16,18H,4-5,10-11H2,1-3H3. The van der Waals surface area contributed by atoms with Gasteiger partial charge in [0.1, 0.15) is 29.4 Å². The molecule has 1 aliphatic carbocycles. The van der Waals surface area contributed by atoms with Crippen LogP contribution in [0.2, 0.25) is 0 Å². The lowest BCUT2D eigenvalue weighted by Crippen LogP contribution is -2.27. The van der Waals surface area contributed by atoms with E-state index in [-0.39, 0.29) is 23.2 Å². The number of rotatable bonds is 10. The number of carbonyl (C=O) groups excluding carboxylic acids is 1. The first-order valence-corrected chi connectivity index (χ1v) is 13.7. The molecule has 0 saturated heterocycles. The van der Waals surface area contributed by atoms with Crippen molar-refractivity contribution >= 4 is 45.1 Å². The number of ether oxygens (including phenoxy) is 3. The lowest BCUT2D eigenvalue weighted by atomic mass is 10.2.